The van der Waals surface area contributed by atoms with Gasteiger partial charge in [0.1, 0.15) is 12.4 Å². The fraction of sp³-hybridized carbons (Fsp3) is 0.409. The molecule has 0 saturated carbocycles. The van der Waals surface area contributed by atoms with Crippen LogP contribution in [-0.4, -0.2) is 41.6 Å². The molecule has 152 valence electrons. The molecule has 0 radical (unpaired) electrons. The van der Waals surface area contributed by atoms with E-state index in [-0.39, 0.29) is 11.9 Å². The normalized spacial score (nSPS) is 14.6. The quantitative estimate of drug-likeness (QED) is 0.615. The molecule has 7 heteroatoms. The van der Waals surface area contributed by atoms with Crippen molar-refractivity contribution in [3.8, 4) is 11.8 Å². The topological polar surface area (TPSA) is 75.5 Å². The molecule has 1 aromatic heterocycles. The molecule has 2 aromatic rings. The Kier molecular flexibility index (Phi) is 7.79. The zero-order chi connectivity index (χ0) is 20.5. The van der Waals surface area contributed by atoms with Crippen LogP contribution in [0.2, 0.25) is 0 Å². The van der Waals surface area contributed by atoms with E-state index in [9.17, 15) is 4.79 Å². The van der Waals surface area contributed by atoms with Crippen molar-refractivity contribution in [3.05, 3.63) is 52.0 Å². The third-order valence-electron chi connectivity index (χ3n) is 4.75. The number of ether oxygens (including phenoxy) is 2. The first-order chi connectivity index (χ1) is 14.2. The number of benzene rings is 1. The van der Waals surface area contributed by atoms with Gasteiger partial charge in [0, 0.05) is 42.8 Å². The molecule has 0 aliphatic carbocycles. The predicted molar refractivity (Wildman–Crippen MR) is 112 cm³/mol. The molecule has 0 atom stereocenters. The molecule has 1 fully saturated rings. The van der Waals surface area contributed by atoms with Crippen molar-refractivity contribution >= 4 is 23.3 Å². The molecule has 29 heavy (non-hydrogen) atoms. The number of nitriles is 1. The number of carbonyl (C=O) groups excluding carboxylic acids is 1. The lowest BCUT2D eigenvalue weighted by Crippen LogP contribution is -2.43. The molecule has 1 saturated heterocycles. The summed E-state index contributed by atoms with van der Waals surface area (Å²) in [5.74, 6) is 0.619. The molecule has 1 aliphatic heterocycles. The van der Waals surface area contributed by atoms with Crippen LogP contribution in [0.4, 0.5) is 0 Å². The van der Waals surface area contributed by atoms with Crippen LogP contribution >= 0.6 is 11.3 Å². The monoisotopic (exact) mass is 411 g/mol. The van der Waals surface area contributed by atoms with Gasteiger partial charge in [0.05, 0.1) is 23.2 Å². The smallest absolute Gasteiger partial charge is 0.246 e. The number of hydrogen-bond donors (Lipinski definition) is 0. The summed E-state index contributed by atoms with van der Waals surface area (Å²) in [6.45, 7) is 4.09. The summed E-state index contributed by atoms with van der Waals surface area (Å²) >= 11 is 1.59. The van der Waals surface area contributed by atoms with Gasteiger partial charge in [0.2, 0.25) is 5.91 Å². The molecule has 0 N–H and O–H groups in total. The summed E-state index contributed by atoms with van der Waals surface area (Å²) in [6, 6.07) is 9.87. The van der Waals surface area contributed by atoms with Crippen LogP contribution in [0.5, 0.6) is 5.75 Å². The SMILES string of the molecule is Cc1nc(COc2ccccc2/C=C/C(=O)N(CCC#N)C2CCOCC2)cs1. The highest BCUT2D eigenvalue weighted by molar-refractivity contribution is 7.09. The Morgan fingerprint density at radius 3 is 2.93 bits per heavy atom. The fourth-order valence-electron chi connectivity index (χ4n) is 3.27. The van der Waals surface area contributed by atoms with E-state index < -0.39 is 0 Å². The van der Waals surface area contributed by atoms with Crippen LogP contribution in [0, 0.1) is 18.3 Å². The van der Waals surface area contributed by atoms with Crippen LogP contribution < -0.4 is 4.74 Å². The van der Waals surface area contributed by atoms with Crippen molar-refractivity contribution in [2.75, 3.05) is 19.8 Å². The van der Waals surface area contributed by atoms with Gasteiger partial charge in [-0.25, -0.2) is 4.98 Å². The second-order valence-electron chi connectivity index (χ2n) is 6.80. The molecule has 6 nitrogen and oxygen atoms in total. The Hall–Kier alpha value is -2.69. The van der Waals surface area contributed by atoms with Gasteiger partial charge in [-0.3, -0.25) is 4.79 Å². The molecule has 1 amide bonds. The van der Waals surface area contributed by atoms with Gasteiger partial charge in [-0.1, -0.05) is 18.2 Å². The number of thiazole rings is 1. The van der Waals surface area contributed by atoms with Crippen molar-refractivity contribution < 1.29 is 14.3 Å². The van der Waals surface area contributed by atoms with Gasteiger partial charge in [0.15, 0.2) is 0 Å². The third-order valence-corrected chi connectivity index (χ3v) is 5.57. The second-order valence-corrected chi connectivity index (χ2v) is 7.86. The lowest BCUT2D eigenvalue weighted by Gasteiger charge is -2.33. The van der Waals surface area contributed by atoms with E-state index in [0.29, 0.717) is 38.5 Å². The Morgan fingerprint density at radius 2 is 2.21 bits per heavy atom. The lowest BCUT2D eigenvalue weighted by molar-refractivity contribution is -0.130. The van der Waals surface area contributed by atoms with E-state index in [1.54, 1.807) is 28.4 Å². The van der Waals surface area contributed by atoms with E-state index in [2.05, 4.69) is 11.1 Å². The largest absolute Gasteiger partial charge is 0.487 e. The highest BCUT2D eigenvalue weighted by atomic mass is 32.1. The molecule has 0 spiro atoms. The minimum Gasteiger partial charge on any atom is -0.487 e. The van der Waals surface area contributed by atoms with E-state index >= 15 is 0 Å². The Balaban J connectivity index is 1.68. The average molecular weight is 412 g/mol. The van der Waals surface area contributed by atoms with Gasteiger partial charge in [0.25, 0.3) is 0 Å². The molecule has 3 rings (SSSR count). The Bertz CT molecular complexity index is 881. The number of rotatable bonds is 8. The summed E-state index contributed by atoms with van der Waals surface area (Å²) in [4.78, 5) is 19.1. The highest BCUT2D eigenvalue weighted by Gasteiger charge is 2.24. The van der Waals surface area contributed by atoms with E-state index in [0.717, 1.165) is 29.1 Å². The second kappa shape index (κ2) is 10.7. The van der Waals surface area contributed by atoms with Crippen LogP contribution in [0.15, 0.2) is 35.7 Å². The number of aryl methyl sites for hydroxylation is 1. The van der Waals surface area contributed by atoms with Crippen molar-refractivity contribution in [2.24, 2.45) is 0 Å². The summed E-state index contributed by atoms with van der Waals surface area (Å²) < 4.78 is 11.3. The summed E-state index contributed by atoms with van der Waals surface area (Å²) in [5, 5.41) is 11.9. The van der Waals surface area contributed by atoms with Gasteiger partial charge in [-0.05, 0) is 31.9 Å². The first-order valence-corrected chi connectivity index (χ1v) is 10.6. The van der Waals surface area contributed by atoms with E-state index in [1.807, 2.05) is 36.6 Å². The maximum Gasteiger partial charge on any atom is 0.246 e. The van der Waals surface area contributed by atoms with Crippen LogP contribution in [0.3, 0.4) is 0 Å². The van der Waals surface area contributed by atoms with Gasteiger partial charge in [-0.15, -0.1) is 11.3 Å². The molecule has 0 bridgehead atoms. The van der Waals surface area contributed by atoms with Crippen molar-refractivity contribution in [1.29, 1.82) is 5.26 Å². The number of nitrogens with zero attached hydrogens (tertiary/aromatic N) is 3. The standard InChI is InChI=1S/C22H25N3O3S/c1-17-24-19(16-29-17)15-28-21-6-3-2-5-18(21)7-8-22(26)25(12-4-11-23)20-9-13-27-14-10-20/h2-3,5-8,16,20H,4,9-10,12-15H2,1H3/b8-7+. The van der Waals surface area contributed by atoms with Gasteiger partial charge in [-0.2, -0.15) is 5.26 Å². The van der Waals surface area contributed by atoms with E-state index in [1.165, 1.54) is 0 Å². The minimum atomic E-state index is -0.0860. The number of hydrogen-bond acceptors (Lipinski definition) is 6. The number of para-hydroxylation sites is 1. The van der Waals surface area contributed by atoms with Crippen molar-refractivity contribution in [3.63, 3.8) is 0 Å². The van der Waals surface area contributed by atoms with Gasteiger partial charge >= 0.3 is 0 Å². The minimum absolute atomic E-state index is 0.0860. The average Bonchev–Trinajstić information content (AvgIpc) is 3.17. The molecule has 2 heterocycles. The first kappa shape index (κ1) is 21.0. The number of carbonyl (C=O) groups is 1. The molecule has 0 unspecified atom stereocenters. The molecule has 1 aromatic carbocycles. The maximum atomic E-state index is 12.9. The molecule has 1 aliphatic rings. The Labute approximate surface area is 175 Å². The Morgan fingerprint density at radius 1 is 1.41 bits per heavy atom. The maximum absolute atomic E-state index is 12.9. The zero-order valence-corrected chi connectivity index (χ0v) is 17.4. The van der Waals surface area contributed by atoms with Crippen LogP contribution in [0.25, 0.3) is 6.08 Å². The van der Waals surface area contributed by atoms with Crippen molar-refractivity contribution in [2.45, 2.75) is 38.8 Å². The van der Waals surface area contributed by atoms with Crippen molar-refractivity contribution in [1.82, 2.24) is 9.88 Å². The number of aromatic nitrogens is 1. The molecular formula is C22H25N3O3S. The van der Waals surface area contributed by atoms with Crippen LogP contribution in [-0.2, 0) is 16.1 Å². The van der Waals surface area contributed by atoms with Gasteiger partial charge < -0.3 is 14.4 Å². The predicted octanol–water partition coefficient (Wildman–Crippen LogP) is 3.97. The summed E-state index contributed by atoms with van der Waals surface area (Å²) in [5.41, 5.74) is 1.73. The zero-order valence-electron chi connectivity index (χ0n) is 16.5. The summed E-state index contributed by atoms with van der Waals surface area (Å²) in [7, 11) is 0. The summed E-state index contributed by atoms with van der Waals surface area (Å²) in [6.07, 6.45) is 5.28. The van der Waals surface area contributed by atoms with E-state index in [4.69, 9.17) is 14.7 Å². The third kappa shape index (κ3) is 6.14. The fourth-order valence-corrected chi connectivity index (χ4v) is 3.87. The van der Waals surface area contributed by atoms with Crippen LogP contribution in [0.1, 0.15) is 35.5 Å². The number of amides is 1. The highest BCUT2D eigenvalue weighted by Crippen LogP contribution is 2.22. The molecular weight excluding hydrogens is 386 g/mol. The lowest BCUT2D eigenvalue weighted by atomic mass is 10.1. The first-order valence-electron chi connectivity index (χ1n) is 9.73.